The number of halogens is 3. The predicted molar refractivity (Wildman–Crippen MR) is 93.9 cm³/mol. The number of rotatable bonds is 1. The molecule has 3 aromatic carbocycles. The lowest BCUT2D eigenvalue weighted by molar-refractivity contribution is -0.137. The Balaban J connectivity index is 1.98. The lowest BCUT2D eigenvalue weighted by atomic mass is 9.97. The standard InChI is InChI=1S/C20H14F3OP/c21-20(22,23)15-10-11-17-14(12-15)13-25(24,16-6-2-1-3-7-16)19-9-5-4-8-18(17)19/h1-12H,13H2. The monoisotopic (exact) mass is 358 g/mol. The Labute approximate surface area is 143 Å². The van der Waals surface area contributed by atoms with Crippen LogP contribution in [0.3, 0.4) is 0 Å². The minimum Gasteiger partial charge on any atom is -0.313 e. The van der Waals surface area contributed by atoms with Crippen molar-refractivity contribution >= 4 is 17.8 Å². The lowest BCUT2D eigenvalue weighted by Gasteiger charge is -2.29. The van der Waals surface area contributed by atoms with E-state index in [1.807, 2.05) is 30.3 Å². The third-order valence-corrected chi connectivity index (χ3v) is 7.67. The highest BCUT2D eigenvalue weighted by atomic mass is 31.2. The molecule has 0 fully saturated rings. The first-order valence-corrected chi connectivity index (χ1v) is 9.73. The fourth-order valence-corrected chi connectivity index (χ4v) is 6.34. The molecular formula is C20H14F3OP. The van der Waals surface area contributed by atoms with Gasteiger partial charge in [-0.05, 0) is 28.8 Å². The maximum Gasteiger partial charge on any atom is 0.416 e. The molecule has 126 valence electrons. The van der Waals surface area contributed by atoms with E-state index in [0.29, 0.717) is 16.2 Å². The fourth-order valence-electron chi connectivity index (χ4n) is 3.40. The molecule has 0 aliphatic carbocycles. The van der Waals surface area contributed by atoms with E-state index >= 15 is 0 Å². The number of fused-ring (bicyclic) bond motifs is 3. The summed E-state index contributed by atoms with van der Waals surface area (Å²) >= 11 is 0. The molecule has 0 spiro atoms. The largest absolute Gasteiger partial charge is 0.416 e. The smallest absolute Gasteiger partial charge is 0.313 e. The molecule has 4 rings (SSSR count). The fraction of sp³-hybridized carbons (Fsp3) is 0.100. The van der Waals surface area contributed by atoms with Gasteiger partial charge in [0.25, 0.3) is 0 Å². The van der Waals surface area contributed by atoms with Crippen molar-refractivity contribution in [3.8, 4) is 11.1 Å². The summed E-state index contributed by atoms with van der Waals surface area (Å²) in [5, 5.41) is 1.39. The molecule has 0 amide bonds. The van der Waals surface area contributed by atoms with E-state index in [1.165, 1.54) is 6.07 Å². The van der Waals surface area contributed by atoms with Gasteiger partial charge in [0.2, 0.25) is 0 Å². The van der Waals surface area contributed by atoms with E-state index in [0.717, 1.165) is 23.3 Å². The van der Waals surface area contributed by atoms with Crippen LogP contribution >= 0.6 is 7.14 Å². The zero-order valence-corrected chi connectivity index (χ0v) is 14.0. The topological polar surface area (TPSA) is 17.1 Å². The van der Waals surface area contributed by atoms with Crippen LogP contribution in [0.5, 0.6) is 0 Å². The maximum absolute atomic E-state index is 13.9. The Morgan fingerprint density at radius 3 is 2.20 bits per heavy atom. The van der Waals surface area contributed by atoms with Gasteiger partial charge in [0, 0.05) is 16.8 Å². The molecule has 1 aliphatic rings. The molecule has 5 heteroatoms. The third-order valence-electron chi connectivity index (χ3n) is 4.58. The minimum absolute atomic E-state index is 0.104. The quantitative estimate of drug-likeness (QED) is 0.547. The molecule has 0 bridgehead atoms. The van der Waals surface area contributed by atoms with Crippen LogP contribution in [-0.2, 0) is 16.9 Å². The second kappa shape index (κ2) is 5.60. The van der Waals surface area contributed by atoms with Gasteiger partial charge in [-0.2, -0.15) is 13.2 Å². The minimum atomic E-state index is -4.41. The molecule has 1 nitrogen and oxygen atoms in total. The summed E-state index contributed by atoms with van der Waals surface area (Å²) in [4.78, 5) is 0. The molecule has 1 atom stereocenters. The molecule has 0 aromatic heterocycles. The molecule has 1 aliphatic heterocycles. The molecule has 0 saturated carbocycles. The first-order chi connectivity index (χ1) is 11.9. The summed E-state index contributed by atoms with van der Waals surface area (Å²) in [6, 6.07) is 20.0. The van der Waals surface area contributed by atoms with E-state index in [1.54, 1.807) is 24.3 Å². The number of benzene rings is 3. The van der Waals surface area contributed by atoms with Crippen LogP contribution in [0.4, 0.5) is 13.2 Å². The van der Waals surface area contributed by atoms with Gasteiger partial charge in [-0.1, -0.05) is 60.7 Å². The second-order valence-electron chi connectivity index (χ2n) is 6.12. The summed E-state index contributed by atoms with van der Waals surface area (Å²) in [5.41, 5.74) is 1.27. The van der Waals surface area contributed by atoms with E-state index in [4.69, 9.17) is 0 Å². The Morgan fingerprint density at radius 1 is 0.800 bits per heavy atom. The number of hydrogen-bond acceptors (Lipinski definition) is 1. The summed E-state index contributed by atoms with van der Waals surface area (Å²) < 4.78 is 53.2. The highest BCUT2D eigenvalue weighted by molar-refractivity contribution is 7.78. The van der Waals surface area contributed by atoms with Crippen LogP contribution in [0.15, 0.2) is 72.8 Å². The molecule has 1 heterocycles. The Bertz CT molecular complexity index is 993. The van der Waals surface area contributed by atoms with Crippen molar-refractivity contribution in [2.24, 2.45) is 0 Å². The molecular weight excluding hydrogens is 344 g/mol. The summed E-state index contributed by atoms with van der Waals surface area (Å²) in [5.74, 6) is 0. The zero-order valence-electron chi connectivity index (χ0n) is 13.1. The number of hydrogen-bond donors (Lipinski definition) is 0. The average Bonchev–Trinajstić information content (AvgIpc) is 2.61. The van der Waals surface area contributed by atoms with Crippen molar-refractivity contribution in [2.45, 2.75) is 12.3 Å². The predicted octanol–water partition coefficient (Wildman–Crippen LogP) is 5.20. The molecule has 25 heavy (non-hydrogen) atoms. The van der Waals surface area contributed by atoms with Crippen LogP contribution in [0.2, 0.25) is 0 Å². The molecule has 0 saturated heterocycles. The van der Waals surface area contributed by atoms with Crippen LogP contribution in [-0.4, -0.2) is 0 Å². The Hall–Kier alpha value is -2.32. The summed E-state index contributed by atoms with van der Waals surface area (Å²) in [6.07, 6.45) is -4.31. The van der Waals surface area contributed by atoms with Crippen molar-refractivity contribution in [3.05, 3.63) is 83.9 Å². The van der Waals surface area contributed by atoms with E-state index in [9.17, 15) is 17.7 Å². The van der Waals surface area contributed by atoms with Crippen LogP contribution in [0.1, 0.15) is 11.1 Å². The van der Waals surface area contributed by atoms with Crippen molar-refractivity contribution in [2.75, 3.05) is 0 Å². The molecule has 1 unspecified atom stereocenters. The summed E-state index contributed by atoms with van der Waals surface area (Å²) in [6.45, 7) is 0. The van der Waals surface area contributed by atoms with Crippen molar-refractivity contribution < 1.29 is 17.7 Å². The molecule has 0 N–H and O–H groups in total. The van der Waals surface area contributed by atoms with Crippen molar-refractivity contribution in [1.82, 2.24) is 0 Å². The van der Waals surface area contributed by atoms with Gasteiger partial charge < -0.3 is 4.57 Å². The van der Waals surface area contributed by atoms with E-state index in [2.05, 4.69) is 0 Å². The van der Waals surface area contributed by atoms with Crippen LogP contribution < -0.4 is 10.6 Å². The number of alkyl halides is 3. The third kappa shape index (κ3) is 2.61. The van der Waals surface area contributed by atoms with E-state index in [-0.39, 0.29) is 6.16 Å². The van der Waals surface area contributed by atoms with Gasteiger partial charge in [0.15, 0.2) is 0 Å². The highest BCUT2D eigenvalue weighted by Gasteiger charge is 2.37. The van der Waals surface area contributed by atoms with Crippen LogP contribution in [0.25, 0.3) is 11.1 Å². The Morgan fingerprint density at radius 2 is 1.48 bits per heavy atom. The summed E-state index contributed by atoms with van der Waals surface area (Å²) in [7, 11) is -3.03. The van der Waals surface area contributed by atoms with E-state index < -0.39 is 18.9 Å². The van der Waals surface area contributed by atoms with Crippen LogP contribution in [0, 0.1) is 0 Å². The zero-order chi connectivity index (χ0) is 17.7. The lowest BCUT2D eigenvalue weighted by Crippen LogP contribution is -2.23. The highest BCUT2D eigenvalue weighted by Crippen LogP contribution is 2.54. The molecule has 0 radical (unpaired) electrons. The average molecular weight is 358 g/mol. The first-order valence-electron chi connectivity index (χ1n) is 7.84. The van der Waals surface area contributed by atoms with Crippen molar-refractivity contribution in [3.63, 3.8) is 0 Å². The second-order valence-corrected chi connectivity index (χ2v) is 8.91. The maximum atomic E-state index is 13.9. The normalized spacial score (nSPS) is 19.2. The Kier molecular flexibility index (Phi) is 3.62. The first kappa shape index (κ1) is 16.2. The van der Waals surface area contributed by atoms with Gasteiger partial charge in [-0.15, -0.1) is 0 Å². The van der Waals surface area contributed by atoms with Gasteiger partial charge in [-0.3, -0.25) is 0 Å². The van der Waals surface area contributed by atoms with Crippen molar-refractivity contribution in [1.29, 1.82) is 0 Å². The van der Waals surface area contributed by atoms with Gasteiger partial charge >= 0.3 is 6.18 Å². The van der Waals surface area contributed by atoms with Gasteiger partial charge in [-0.25, -0.2) is 0 Å². The SMILES string of the molecule is O=P1(c2ccccc2)Cc2cc(C(F)(F)F)ccc2-c2ccccc21. The van der Waals surface area contributed by atoms with Gasteiger partial charge in [0.1, 0.15) is 7.14 Å². The molecule has 3 aromatic rings. The van der Waals surface area contributed by atoms with Gasteiger partial charge in [0.05, 0.1) is 5.56 Å².